The number of aliphatic hydroxyl groups excluding tert-OH is 1. The number of aromatic nitrogens is 2. The number of aliphatic hydroxyl groups is 1. The summed E-state index contributed by atoms with van der Waals surface area (Å²) in [6.45, 7) is 4.20. The van der Waals surface area contributed by atoms with Gasteiger partial charge >= 0.3 is 0 Å². The maximum Gasteiger partial charge on any atom is 0.260 e. The summed E-state index contributed by atoms with van der Waals surface area (Å²) in [4.78, 5) is 23.3. The van der Waals surface area contributed by atoms with E-state index in [0.29, 0.717) is 42.3 Å². The molecule has 1 unspecified atom stereocenters. The molecule has 0 radical (unpaired) electrons. The summed E-state index contributed by atoms with van der Waals surface area (Å²) in [7, 11) is 3.27. The maximum atomic E-state index is 12.9. The zero-order chi connectivity index (χ0) is 21.5. The summed E-state index contributed by atoms with van der Waals surface area (Å²) >= 11 is 1.45. The lowest BCUT2D eigenvalue weighted by molar-refractivity contribution is 0.0787. The molecule has 0 bridgehead atoms. The molecule has 2 heterocycles. The van der Waals surface area contributed by atoms with Gasteiger partial charge in [0.15, 0.2) is 0 Å². The molecule has 1 aromatic carbocycles. The topological polar surface area (TPSA) is 87.7 Å². The number of H-pyrrole nitrogens is 1. The number of ether oxygens (including phenoxy) is 2. The molecule has 1 atom stereocenters. The minimum Gasteiger partial charge on any atom is -0.497 e. The number of aromatic amines is 1. The lowest BCUT2D eigenvalue weighted by Crippen LogP contribution is -2.35. The monoisotopic (exact) mass is 431 g/mol. The molecule has 0 saturated heterocycles. The Hall–Kier alpha value is -2.26. The lowest BCUT2D eigenvalue weighted by Gasteiger charge is -2.24. The van der Waals surface area contributed by atoms with Crippen molar-refractivity contribution in [2.75, 3.05) is 33.9 Å². The molecule has 0 saturated carbocycles. The van der Waals surface area contributed by atoms with Gasteiger partial charge in [0.2, 0.25) is 0 Å². The second-order valence-corrected chi connectivity index (χ2v) is 8.10. The van der Waals surface area contributed by atoms with Crippen LogP contribution in [0.2, 0.25) is 0 Å². The van der Waals surface area contributed by atoms with Crippen molar-refractivity contribution in [2.24, 2.45) is 0 Å². The van der Waals surface area contributed by atoms with E-state index in [1.165, 1.54) is 11.3 Å². The van der Waals surface area contributed by atoms with E-state index in [1.54, 1.807) is 14.2 Å². The van der Waals surface area contributed by atoms with Crippen LogP contribution in [0.4, 0.5) is 0 Å². The fraction of sp³-hybridized carbons (Fsp3) is 0.455. The molecule has 0 amide bonds. The maximum absolute atomic E-state index is 12.9. The summed E-state index contributed by atoms with van der Waals surface area (Å²) in [5, 5.41) is 12.8. The Morgan fingerprint density at radius 3 is 2.90 bits per heavy atom. The van der Waals surface area contributed by atoms with Crippen molar-refractivity contribution in [2.45, 2.75) is 32.4 Å². The first-order chi connectivity index (χ1) is 14.5. The largest absolute Gasteiger partial charge is 0.497 e. The Morgan fingerprint density at radius 1 is 1.33 bits per heavy atom. The van der Waals surface area contributed by atoms with Gasteiger partial charge in [-0.15, -0.1) is 11.3 Å². The minimum atomic E-state index is -0.413. The highest BCUT2D eigenvalue weighted by atomic mass is 32.1. The third kappa shape index (κ3) is 5.46. The second kappa shape index (κ2) is 10.7. The minimum absolute atomic E-state index is 0.158. The van der Waals surface area contributed by atoms with Crippen LogP contribution >= 0.6 is 11.3 Å². The fourth-order valence-corrected chi connectivity index (χ4v) is 4.43. The van der Waals surface area contributed by atoms with E-state index >= 15 is 0 Å². The molecule has 30 heavy (non-hydrogen) atoms. The van der Waals surface area contributed by atoms with E-state index in [-0.39, 0.29) is 5.56 Å². The highest BCUT2D eigenvalue weighted by Crippen LogP contribution is 2.32. The van der Waals surface area contributed by atoms with Gasteiger partial charge in [-0.2, -0.15) is 0 Å². The molecule has 2 N–H and O–H groups in total. The van der Waals surface area contributed by atoms with E-state index in [2.05, 4.69) is 9.88 Å². The highest BCUT2D eigenvalue weighted by Gasteiger charge is 2.17. The molecule has 3 rings (SSSR count). The van der Waals surface area contributed by atoms with Gasteiger partial charge in [-0.25, -0.2) is 4.98 Å². The summed E-state index contributed by atoms with van der Waals surface area (Å²) in [5.74, 6) is 1.33. The Bertz CT molecular complexity index is 1020. The second-order valence-electron chi connectivity index (χ2n) is 7.24. The van der Waals surface area contributed by atoms with Crippen molar-refractivity contribution in [1.82, 2.24) is 14.9 Å². The van der Waals surface area contributed by atoms with Crippen LogP contribution in [-0.4, -0.2) is 60.0 Å². The molecule has 0 aliphatic rings. The van der Waals surface area contributed by atoms with Crippen LogP contribution in [0.25, 0.3) is 21.3 Å². The number of rotatable bonds is 11. The molecule has 0 aliphatic carbocycles. The molecule has 0 fully saturated rings. The average Bonchev–Trinajstić information content (AvgIpc) is 3.17. The van der Waals surface area contributed by atoms with Crippen LogP contribution in [0.3, 0.4) is 0 Å². The standard InChI is InChI=1S/C22H29N3O4S/c1-4-6-16(26)12-25(9-10-28-2)13-19-23-21(27)20-18(14-30-22(20)24-19)15-7-5-8-17(11-15)29-3/h5,7-8,11,14,16,26H,4,6,9-10,12-13H2,1-3H3,(H,23,24,27). The molecule has 0 spiro atoms. The van der Waals surface area contributed by atoms with Gasteiger partial charge in [-0.05, 0) is 24.1 Å². The van der Waals surface area contributed by atoms with Gasteiger partial charge < -0.3 is 19.6 Å². The highest BCUT2D eigenvalue weighted by molar-refractivity contribution is 7.17. The van der Waals surface area contributed by atoms with Crippen LogP contribution in [0, 0.1) is 0 Å². The molecule has 2 aromatic heterocycles. The van der Waals surface area contributed by atoms with Crippen LogP contribution in [0.5, 0.6) is 5.75 Å². The van der Waals surface area contributed by atoms with Gasteiger partial charge in [0.05, 0.1) is 31.8 Å². The number of fused-ring (bicyclic) bond motifs is 1. The Kier molecular flexibility index (Phi) is 7.98. The fourth-order valence-electron chi connectivity index (χ4n) is 3.46. The third-order valence-electron chi connectivity index (χ3n) is 4.95. The van der Waals surface area contributed by atoms with Crippen molar-refractivity contribution in [3.8, 4) is 16.9 Å². The van der Waals surface area contributed by atoms with Crippen molar-refractivity contribution in [3.05, 3.63) is 45.8 Å². The number of methoxy groups -OCH3 is 2. The normalized spacial score (nSPS) is 12.6. The van der Waals surface area contributed by atoms with Crippen molar-refractivity contribution in [3.63, 3.8) is 0 Å². The Labute approximate surface area is 180 Å². The van der Waals surface area contributed by atoms with Gasteiger partial charge in [0.1, 0.15) is 16.4 Å². The van der Waals surface area contributed by atoms with Crippen molar-refractivity contribution >= 4 is 21.6 Å². The van der Waals surface area contributed by atoms with Gasteiger partial charge in [-0.1, -0.05) is 25.5 Å². The van der Waals surface area contributed by atoms with Crippen molar-refractivity contribution < 1.29 is 14.6 Å². The van der Waals surface area contributed by atoms with E-state index in [1.807, 2.05) is 36.6 Å². The van der Waals surface area contributed by atoms with Gasteiger partial charge in [0, 0.05) is 31.1 Å². The molecule has 3 aromatic rings. The summed E-state index contributed by atoms with van der Waals surface area (Å²) in [6, 6.07) is 7.65. The van der Waals surface area contributed by atoms with E-state index in [0.717, 1.165) is 29.7 Å². The number of nitrogens with one attached hydrogen (secondary N) is 1. The van der Waals surface area contributed by atoms with Crippen molar-refractivity contribution in [1.29, 1.82) is 0 Å². The predicted molar refractivity (Wildman–Crippen MR) is 120 cm³/mol. The lowest BCUT2D eigenvalue weighted by atomic mass is 10.1. The van der Waals surface area contributed by atoms with E-state index in [9.17, 15) is 9.90 Å². The summed E-state index contributed by atoms with van der Waals surface area (Å²) in [6.07, 6.45) is 1.24. The first-order valence-electron chi connectivity index (χ1n) is 10.1. The third-order valence-corrected chi connectivity index (χ3v) is 5.82. The molecule has 0 aliphatic heterocycles. The SMILES string of the molecule is CCCC(O)CN(CCOC)Cc1nc2scc(-c3cccc(OC)c3)c2c(=O)[nH]1. The summed E-state index contributed by atoms with van der Waals surface area (Å²) < 4.78 is 10.5. The van der Waals surface area contributed by atoms with Crippen LogP contribution in [0.15, 0.2) is 34.4 Å². The zero-order valence-electron chi connectivity index (χ0n) is 17.7. The van der Waals surface area contributed by atoms with Gasteiger partial charge in [0.25, 0.3) is 5.56 Å². The number of nitrogens with zero attached hydrogens (tertiary/aromatic N) is 2. The zero-order valence-corrected chi connectivity index (χ0v) is 18.5. The quantitative estimate of drug-likeness (QED) is 0.485. The summed E-state index contributed by atoms with van der Waals surface area (Å²) in [5.41, 5.74) is 1.61. The van der Waals surface area contributed by atoms with Gasteiger partial charge in [-0.3, -0.25) is 9.69 Å². The first kappa shape index (κ1) is 22.4. The van der Waals surface area contributed by atoms with Crippen LogP contribution < -0.4 is 10.3 Å². The van der Waals surface area contributed by atoms with E-state index < -0.39 is 6.10 Å². The molecule has 8 heteroatoms. The number of hydrogen-bond acceptors (Lipinski definition) is 7. The first-order valence-corrected chi connectivity index (χ1v) is 11.0. The average molecular weight is 432 g/mol. The number of thiophene rings is 1. The Morgan fingerprint density at radius 2 is 2.17 bits per heavy atom. The number of hydrogen-bond donors (Lipinski definition) is 2. The number of benzene rings is 1. The van der Waals surface area contributed by atoms with Crippen LogP contribution in [0.1, 0.15) is 25.6 Å². The molecular weight excluding hydrogens is 402 g/mol. The Balaban J connectivity index is 1.88. The molecular formula is C22H29N3O4S. The van der Waals surface area contributed by atoms with E-state index in [4.69, 9.17) is 14.5 Å². The smallest absolute Gasteiger partial charge is 0.260 e. The molecule has 7 nitrogen and oxygen atoms in total. The molecule has 162 valence electrons. The predicted octanol–water partition coefficient (Wildman–Crippen LogP) is 3.27. The van der Waals surface area contributed by atoms with Crippen LogP contribution in [-0.2, 0) is 11.3 Å².